The molecule has 1 amide bonds. The van der Waals surface area contributed by atoms with Crippen LogP contribution in [0.1, 0.15) is 20.7 Å². The number of ether oxygens (including phenoxy) is 1. The van der Waals surface area contributed by atoms with Crippen LogP contribution in [0.25, 0.3) is 0 Å². The number of para-hydroxylation sites is 2. The number of amides is 1. The number of rotatable bonds is 7. The normalized spacial score (nSPS) is 10.8. The summed E-state index contributed by atoms with van der Waals surface area (Å²) < 4.78 is 33.1. The molecule has 0 saturated carbocycles. The van der Waals surface area contributed by atoms with Gasteiger partial charge in [-0.15, -0.1) is 0 Å². The number of hydrogen-bond donors (Lipinski definition) is 3. The van der Waals surface area contributed by atoms with Crippen molar-refractivity contribution >= 4 is 33.3 Å². The van der Waals surface area contributed by atoms with Crippen LogP contribution in [0, 0.1) is 0 Å². The third-order valence-electron chi connectivity index (χ3n) is 4.13. The summed E-state index contributed by atoms with van der Waals surface area (Å²) >= 11 is 0. The van der Waals surface area contributed by atoms with Crippen molar-refractivity contribution in [2.45, 2.75) is 4.90 Å². The fourth-order valence-electron chi connectivity index (χ4n) is 2.67. The molecule has 3 rings (SSSR count). The molecule has 0 aliphatic heterocycles. The number of benzene rings is 3. The maximum Gasteiger partial charge on any atom is 0.335 e. The molecular formula is C21H18N2O6S. The minimum atomic E-state index is -3.98. The molecule has 0 spiro atoms. The Morgan fingerprint density at radius 3 is 2.33 bits per heavy atom. The number of carbonyl (C=O) groups excluding carboxylic acids is 1. The van der Waals surface area contributed by atoms with E-state index >= 15 is 0 Å². The summed E-state index contributed by atoms with van der Waals surface area (Å²) in [6.07, 6.45) is 0. The molecule has 8 nitrogen and oxygen atoms in total. The smallest absolute Gasteiger partial charge is 0.335 e. The molecule has 0 bridgehead atoms. The molecule has 0 radical (unpaired) electrons. The van der Waals surface area contributed by atoms with Gasteiger partial charge in [-0.25, -0.2) is 13.2 Å². The predicted molar refractivity (Wildman–Crippen MR) is 112 cm³/mol. The van der Waals surface area contributed by atoms with Crippen molar-refractivity contribution in [3.05, 3.63) is 83.9 Å². The lowest BCUT2D eigenvalue weighted by molar-refractivity contribution is 0.0696. The van der Waals surface area contributed by atoms with Crippen molar-refractivity contribution in [3.63, 3.8) is 0 Å². The number of nitrogens with one attached hydrogen (secondary N) is 2. The van der Waals surface area contributed by atoms with Crippen molar-refractivity contribution < 1.29 is 27.9 Å². The number of carbonyl (C=O) groups is 2. The van der Waals surface area contributed by atoms with Gasteiger partial charge in [0.25, 0.3) is 15.9 Å². The standard InChI is InChI=1S/C21H18N2O6S/c1-29-19-11-3-2-10-18(19)23-30(27,28)17-9-5-6-14(13-17)20(24)22-16-8-4-7-15(12-16)21(25)26/h2-13,23H,1H3,(H,22,24)(H,25,26). The van der Waals surface area contributed by atoms with E-state index in [9.17, 15) is 18.0 Å². The van der Waals surface area contributed by atoms with Crippen molar-refractivity contribution in [1.29, 1.82) is 0 Å². The molecule has 0 atom stereocenters. The molecule has 0 fully saturated rings. The number of carboxylic acid groups (broad SMARTS) is 1. The van der Waals surface area contributed by atoms with Gasteiger partial charge in [0.15, 0.2) is 0 Å². The van der Waals surface area contributed by atoms with Gasteiger partial charge in [0.2, 0.25) is 0 Å². The summed E-state index contributed by atoms with van der Waals surface area (Å²) in [5.41, 5.74) is 0.657. The van der Waals surface area contributed by atoms with Gasteiger partial charge in [-0.3, -0.25) is 9.52 Å². The highest BCUT2D eigenvalue weighted by Crippen LogP contribution is 2.26. The van der Waals surface area contributed by atoms with Crippen LogP contribution in [0.5, 0.6) is 5.75 Å². The van der Waals surface area contributed by atoms with Crippen LogP contribution in [0.3, 0.4) is 0 Å². The fourth-order valence-corrected chi connectivity index (χ4v) is 3.79. The number of aromatic carboxylic acids is 1. The van der Waals surface area contributed by atoms with Crippen LogP contribution in [-0.2, 0) is 10.0 Å². The summed E-state index contributed by atoms with van der Waals surface area (Å²) in [5, 5.41) is 11.6. The molecule has 3 N–H and O–H groups in total. The van der Waals surface area contributed by atoms with Crippen LogP contribution in [0.2, 0.25) is 0 Å². The number of methoxy groups -OCH3 is 1. The highest BCUT2D eigenvalue weighted by atomic mass is 32.2. The van der Waals surface area contributed by atoms with Gasteiger partial charge in [0, 0.05) is 11.3 Å². The molecule has 9 heteroatoms. The first-order valence-corrected chi connectivity index (χ1v) is 10.2. The van der Waals surface area contributed by atoms with Gasteiger partial charge in [-0.2, -0.15) is 0 Å². The Morgan fingerprint density at radius 2 is 1.60 bits per heavy atom. The van der Waals surface area contributed by atoms with Crippen LogP contribution in [0.4, 0.5) is 11.4 Å². The van der Waals surface area contributed by atoms with Gasteiger partial charge >= 0.3 is 5.97 Å². The van der Waals surface area contributed by atoms with Gasteiger partial charge in [0.05, 0.1) is 23.3 Å². The minimum absolute atomic E-state index is 0.0186. The average molecular weight is 426 g/mol. The van der Waals surface area contributed by atoms with Crippen molar-refractivity contribution in [3.8, 4) is 5.75 Å². The zero-order chi connectivity index (χ0) is 21.7. The molecule has 0 heterocycles. The monoisotopic (exact) mass is 426 g/mol. The van der Waals surface area contributed by atoms with Gasteiger partial charge in [-0.05, 0) is 48.5 Å². The Morgan fingerprint density at radius 1 is 0.900 bits per heavy atom. The van der Waals surface area contributed by atoms with Gasteiger partial charge in [-0.1, -0.05) is 24.3 Å². The molecule has 30 heavy (non-hydrogen) atoms. The van der Waals surface area contributed by atoms with Gasteiger partial charge in [0.1, 0.15) is 5.75 Å². The third-order valence-corrected chi connectivity index (χ3v) is 5.49. The lowest BCUT2D eigenvalue weighted by Gasteiger charge is -2.12. The number of hydrogen-bond acceptors (Lipinski definition) is 5. The largest absolute Gasteiger partial charge is 0.495 e. The summed E-state index contributed by atoms with van der Waals surface area (Å²) in [7, 11) is -2.55. The molecule has 0 saturated heterocycles. The van der Waals surface area contributed by atoms with E-state index in [0.29, 0.717) is 5.75 Å². The third kappa shape index (κ3) is 4.76. The van der Waals surface area contributed by atoms with E-state index in [-0.39, 0.29) is 27.4 Å². The topological polar surface area (TPSA) is 122 Å². The Bertz CT molecular complexity index is 1210. The van der Waals surface area contributed by atoms with Crippen LogP contribution in [-0.4, -0.2) is 32.5 Å². The van der Waals surface area contributed by atoms with Crippen LogP contribution >= 0.6 is 0 Å². The van der Waals surface area contributed by atoms with Crippen molar-refractivity contribution in [2.24, 2.45) is 0 Å². The van der Waals surface area contributed by atoms with E-state index < -0.39 is 21.9 Å². The van der Waals surface area contributed by atoms with Crippen LogP contribution < -0.4 is 14.8 Å². The highest BCUT2D eigenvalue weighted by molar-refractivity contribution is 7.92. The van der Waals surface area contributed by atoms with Gasteiger partial charge < -0.3 is 15.2 Å². The molecule has 3 aromatic carbocycles. The Hall–Kier alpha value is -3.85. The van der Waals surface area contributed by atoms with E-state index in [1.165, 1.54) is 55.6 Å². The first-order valence-electron chi connectivity index (χ1n) is 8.71. The summed E-state index contributed by atoms with van der Waals surface area (Å²) in [6, 6.07) is 17.8. The lowest BCUT2D eigenvalue weighted by atomic mass is 10.2. The second kappa shape index (κ2) is 8.66. The second-order valence-corrected chi connectivity index (χ2v) is 7.86. The van der Waals surface area contributed by atoms with E-state index in [1.54, 1.807) is 24.3 Å². The minimum Gasteiger partial charge on any atom is -0.495 e. The number of anilines is 2. The van der Waals surface area contributed by atoms with E-state index in [4.69, 9.17) is 9.84 Å². The molecule has 0 aliphatic rings. The zero-order valence-corrected chi connectivity index (χ0v) is 16.6. The summed E-state index contributed by atoms with van der Waals surface area (Å²) in [6.45, 7) is 0. The first kappa shape index (κ1) is 20.9. The molecule has 0 unspecified atom stereocenters. The molecule has 0 aliphatic carbocycles. The first-order chi connectivity index (χ1) is 14.3. The maximum atomic E-state index is 12.8. The SMILES string of the molecule is COc1ccccc1NS(=O)(=O)c1cccc(C(=O)Nc2cccc(C(=O)O)c2)c1. The van der Waals surface area contributed by atoms with E-state index in [1.807, 2.05) is 0 Å². The average Bonchev–Trinajstić information content (AvgIpc) is 2.74. The summed E-state index contributed by atoms with van der Waals surface area (Å²) in [4.78, 5) is 23.5. The van der Waals surface area contributed by atoms with E-state index in [2.05, 4.69) is 10.0 Å². The predicted octanol–water partition coefficient (Wildman–Crippen LogP) is 3.45. The lowest BCUT2D eigenvalue weighted by Crippen LogP contribution is -2.16. The highest BCUT2D eigenvalue weighted by Gasteiger charge is 2.18. The zero-order valence-electron chi connectivity index (χ0n) is 15.8. The second-order valence-electron chi connectivity index (χ2n) is 6.17. The Balaban J connectivity index is 1.84. The molecule has 3 aromatic rings. The van der Waals surface area contributed by atoms with Crippen LogP contribution in [0.15, 0.2) is 77.7 Å². The number of sulfonamides is 1. The fraction of sp³-hybridized carbons (Fsp3) is 0.0476. The maximum absolute atomic E-state index is 12.8. The number of carboxylic acids is 1. The molecule has 154 valence electrons. The quantitative estimate of drug-likeness (QED) is 0.532. The molecular weight excluding hydrogens is 408 g/mol. The van der Waals surface area contributed by atoms with Crippen molar-refractivity contribution in [2.75, 3.05) is 17.1 Å². The summed E-state index contributed by atoms with van der Waals surface area (Å²) in [5.74, 6) is -1.35. The Labute approximate surface area is 173 Å². The Kier molecular flexibility index (Phi) is 6.03. The van der Waals surface area contributed by atoms with E-state index in [0.717, 1.165) is 0 Å². The van der Waals surface area contributed by atoms with Crippen molar-refractivity contribution in [1.82, 2.24) is 0 Å². The molecule has 0 aromatic heterocycles.